The summed E-state index contributed by atoms with van der Waals surface area (Å²) in [5.74, 6) is -1.28. The molecule has 2 N–H and O–H groups in total. The molecule has 0 saturated heterocycles. The summed E-state index contributed by atoms with van der Waals surface area (Å²) in [4.78, 5) is 11.6. The van der Waals surface area contributed by atoms with Gasteiger partial charge in [0.2, 0.25) is 0 Å². The highest BCUT2D eigenvalue weighted by Crippen LogP contribution is 2.14. The van der Waals surface area contributed by atoms with E-state index in [-0.39, 0.29) is 5.69 Å². The number of carbonyl (C=O) groups is 1. The number of halogens is 2. The first-order valence-electron chi connectivity index (χ1n) is 6.19. The lowest BCUT2D eigenvalue weighted by Crippen LogP contribution is -2.30. The van der Waals surface area contributed by atoms with E-state index in [1.54, 1.807) is 0 Å². The second-order valence-corrected chi connectivity index (χ2v) is 4.24. The molecule has 3 nitrogen and oxygen atoms in total. The zero-order valence-corrected chi connectivity index (χ0v) is 10.7. The van der Waals surface area contributed by atoms with Crippen LogP contribution in [0.2, 0.25) is 0 Å². The summed E-state index contributed by atoms with van der Waals surface area (Å²) < 4.78 is 26.2. The fraction of sp³-hybridized carbons (Fsp3) is 0.133. The fourth-order valence-electron chi connectivity index (χ4n) is 1.72. The van der Waals surface area contributed by atoms with Gasteiger partial charge in [0.1, 0.15) is 11.6 Å². The highest BCUT2D eigenvalue weighted by Gasteiger charge is 2.07. The third-order valence-corrected chi connectivity index (χ3v) is 2.72. The van der Waals surface area contributed by atoms with Gasteiger partial charge in [-0.05, 0) is 24.1 Å². The molecule has 2 aromatic carbocycles. The zero-order chi connectivity index (χ0) is 14.4. The van der Waals surface area contributed by atoms with E-state index >= 15 is 0 Å². The fourth-order valence-corrected chi connectivity index (χ4v) is 1.72. The molecule has 20 heavy (non-hydrogen) atoms. The molecule has 0 fully saturated rings. The summed E-state index contributed by atoms with van der Waals surface area (Å²) in [5, 5.41) is 4.86. The summed E-state index contributed by atoms with van der Waals surface area (Å²) in [6.45, 7) is 0.410. The van der Waals surface area contributed by atoms with E-state index in [4.69, 9.17) is 0 Å². The minimum Gasteiger partial charge on any atom is -0.338 e. The number of carbonyl (C=O) groups excluding carboxylic acids is 1. The van der Waals surface area contributed by atoms with Crippen molar-refractivity contribution in [2.75, 3.05) is 11.9 Å². The van der Waals surface area contributed by atoms with Crippen molar-refractivity contribution in [1.82, 2.24) is 5.32 Å². The average Bonchev–Trinajstić information content (AvgIpc) is 2.44. The maximum atomic E-state index is 13.3. The van der Waals surface area contributed by atoms with E-state index < -0.39 is 17.7 Å². The smallest absolute Gasteiger partial charge is 0.319 e. The SMILES string of the molecule is O=C(NCCc1ccccc1)Nc1cc(F)ccc1F. The molecule has 0 aliphatic rings. The van der Waals surface area contributed by atoms with Crippen molar-refractivity contribution in [2.45, 2.75) is 6.42 Å². The number of anilines is 1. The van der Waals surface area contributed by atoms with Crippen molar-refractivity contribution in [1.29, 1.82) is 0 Å². The first-order chi connectivity index (χ1) is 9.65. The lowest BCUT2D eigenvalue weighted by atomic mass is 10.1. The monoisotopic (exact) mass is 276 g/mol. The van der Waals surface area contributed by atoms with Crippen molar-refractivity contribution in [3.05, 3.63) is 65.7 Å². The van der Waals surface area contributed by atoms with E-state index in [2.05, 4.69) is 10.6 Å². The van der Waals surface area contributed by atoms with Gasteiger partial charge in [-0.2, -0.15) is 0 Å². The maximum Gasteiger partial charge on any atom is 0.319 e. The number of hydrogen-bond donors (Lipinski definition) is 2. The molecule has 0 bridgehead atoms. The van der Waals surface area contributed by atoms with Crippen molar-refractivity contribution in [3.8, 4) is 0 Å². The number of amides is 2. The Bertz CT molecular complexity index is 588. The molecule has 2 rings (SSSR count). The van der Waals surface area contributed by atoms with Crippen LogP contribution >= 0.6 is 0 Å². The summed E-state index contributed by atoms with van der Waals surface area (Å²) in [6, 6.07) is 12.0. The summed E-state index contributed by atoms with van der Waals surface area (Å²) in [5.41, 5.74) is 0.909. The molecular weight excluding hydrogens is 262 g/mol. The zero-order valence-electron chi connectivity index (χ0n) is 10.7. The van der Waals surface area contributed by atoms with E-state index in [1.165, 1.54) is 0 Å². The van der Waals surface area contributed by atoms with Crippen LogP contribution in [-0.2, 0) is 6.42 Å². The van der Waals surface area contributed by atoms with E-state index in [9.17, 15) is 13.6 Å². The predicted molar refractivity (Wildman–Crippen MR) is 73.5 cm³/mol. The molecule has 0 radical (unpaired) electrons. The Morgan fingerprint density at radius 3 is 2.55 bits per heavy atom. The molecule has 0 spiro atoms. The largest absolute Gasteiger partial charge is 0.338 e. The standard InChI is InChI=1S/C15H14F2N2O/c16-12-6-7-13(17)14(10-12)19-15(20)18-9-8-11-4-2-1-3-5-11/h1-7,10H,8-9H2,(H2,18,19,20). The van der Waals surface area contributed by atoms with Crippen LogP contribution in [0.5, 0.6) is 0 Å². The summed E-state index contributed by atoms with van der Waals surface area (Å²) in [6.07, 6.45) is 0.667. The van der Waals surface area contributed by atoms with Crippen LogP contribution < -0.4 is 10.6 Å². The molecule has 2 amide bonds. The first-order valence-corrected chi connectivity index (χ1v) is 6.19. The van der Waals surface area contributed by atoms with Gasteiger partial charge < -0.3 is 10.6 Å². The normalized spacial score (nSPS) is 10.1. The topological polar surface area (TPSA) is 41.1 Å². The van der Waals surface area contributed by atoms with Gasteiger partial charge in [0.15, 0.2) is 0 Å². The van der Waals surface area contributed by atoms with Crippen LogP contribution in [0, 0.1) is 11.6 Å². The van der Waals surface area contributed by atoms with E-state index in [1.807, 2.05) is 30.3 Å². The Kier molecular flexibility index (Phi) is 4.65. The Labute approximate surface area is 115 Å². The summed E-state index contributed by atoms with van der Waals surface area (Å²) >= 11 is 0. The maximum absolute atomic E-state index is 13.3. The lowest BCUT2D eigenvalue weighted by molar-refractivity contribution is 0.252. The van der Waals surface area contributed by atoms with Crippen LogP contribution in [0.4, 0.5) is 19.3 Å². The van der Waals surface area contributed by atoms with E-state index in [0.29, 0.717) is 13.0 Å². The van der Waals surface area contributed by atoms with Crippen LogP contribution in [0.25, 0.3) is 0 Å². The van der Waals surface area contributed by atoms with Crippen LogP contribution in [0.3, 0.4) is 0 Å². The molecule has 0 aromatic heterocycles. The second kappa shape index (κ2) is 6.65. The van der Waals surface area contributed by atoms with Crippen molar-refractivity contribution in [2.24, 2.45) is 0 Å². The quantitative estimate of drug-likeness (QED) is 0.883. The number of benzene rings is 2. The Morgan fingerprint density at radius 1 is 1.05 bits per heavy atom. The van der Waals surface area contributed by atoms with Gasteiger partial charge in [0, 0.05) is 12.6 Å². The van der Waals surface area contributed by atoms with Gasteiger partial charge in [-0.1, -0.05) is 30.3 Å². The molecular formula is C15H14F2N2O. The van der Waals surface area contributed by atoms with E-state index in [0.717, 1.165) is 23.8 Å². The van der Waals surface area contributed by atoms with Crippen molar-refractivity contribution < 1.29 is 13.6 Å². The molecule has 0 unspecified atom stereocenters. The van der Waals surface area contributed by atoms with Gasteiger partial charge in [-0.25, -0.2) is 13.6 Å². The highest BCUT2D eigenvalue weighted by atomic mass is 19.1. The Hall–Kier alpha value is -2.43. The minimum atomic E-state index is -0.676. The predicted octanol–water partition coefficient (Wildman–Crippen LogP) is 3.33. The number of rotatable bonds is 4. The van der Waals surface area contributed by atoms with Crippen molar-refractivity contribution in [3.63, 3.8) is 0 Å². The van der Waals surface area contributed by atoms with Gasteiger partial charge in [0.05, 0.1) is 5.69 Å². The Morgan fingerprint density at radius 2 is 1.80 bits per heavy atom. The molecule has 0 heterocycles. The molecule has 104 valence electrons. The molecule has 5 heteroatoms. The number of hydrogen-bond acceptors (Lipinski definition) is 1. The Balaban J connectivity index is 1.82. The first kappa shape index (κ1) is 14.0. The molecule has 0 aliphatic carbocycles. The molecule has 0 aliphatic heterocycles. The summed E-state index contributed by atoms with van der Waals surface area (Å²) in [7, 11) is 0. The average molecular weight is 276 g/mol. The third kappa shape index (κ3) is 4.05. The van der Waals surface area contributed by atoms with Gasteiger partial charge in [-0.3, -0.25) is 0 Å². The van der Waals surface area contributed by atoms with Crippen LogP contribution in [0.1, 0.15) is 5.56 Å². The minimum absolute atomic E-state index is 0.179. The lowest BCUT2D eigenvalue weighted by Gasteiger charge is -2.08. The van der Waals surface area contributed by atoms with Gasteiger partial charge in [0.25, 0.3) is 0 Å². The third-order valence-electron chi connectivity index (χ3n) is 2.72. The van der Waals surface area contributed by atoms with Gasteiger partial charge in [-0.15, -0.1) is 0 Å². The highest BCUT2D eigenvalue weighted by molar-refractivity contribution is 5.89. The number of nitrogens with one attached hydrogen (secondary N) is 2. The molecule has 2 aromatic rings. The second-order valence-electron chi connectivity index (χ2n) is 4.24. The van der Waals surface area contributed by atoms with Crippen LogP contribution in [0.15, 0.2) is 48.5 Å². The van der Waals surface area contributed by atoms with Crippen molar-refractivity contribution >= 4 is 11.7 Å². The molecule has 0 atom stereocenters. The van der Waals surface area contributed by atoms with Crippen LogP contribution in [-0.4, -0.2) is 12.6 Å². The molecule has 0 saturated carbocycles. The van der Waals surface area contributed by atoms with Gasteiger partial charge >= 0.3 is 6.03 Å². The number of urea groups is 1.